The SMILES string of the molecule is CC(NC1CCCc2ccccc21)c1ccc(F)c(Br)c1. The molecule has 2 aromatic rings. The van der Waals surface area contributed by atoms with E-state index in [0.717, 1.165) is 12.0 Å². The van der Waals surface area contributed by atoms with Crippen LogP contribution in [0.5, 0.6) is 0 Å². The molecule has 0 spiro atoms. The summed E-state index contributed by atoms with van der Waals surface area (Å²) in [5, 5.41) is 3.69. The molecule has 1 N–H and O–H groups in total. The predicted octanol–water partition coefficient (Wildman–Crippen LogP) is 5.32. The van der Waals surface area contributed by atoms with Crippen LogP contribution in [-0.2, 0) is 6.42 Å². The van der Waals surface area contributed by atoms with Crippen molar-refractivity contribution in [3.8, 4) is 0 Å². The Balaban J connectivity index is 1.79. The second kappa shape index (κ2) is 6.29. The van der Waals surface area contributed by atoms with Gasteiger partial charge in [-0.25, -0.2) is 4.39 Å². The lowest BCUT2D eigenvalue weighted by Gasteiger charge is -2.29. The van der Waals surface area contributed by atoms with E-state index in [1.165, 1.54) is 30.0 Å². The lowest BCUT2D eigenvalue weighted by Crippen LogP contribution is -2.27. The Morgan fingerprint density at radius 3 is 2.86 bits per heavy atom. The van der Waals surface area contributed by atoms with Crippen LogP contribution >= 0.6 is 15.9 Å². The van der Waals surface area contributed by atoms with Crippen LogP contribution in [0.4, 0.5) is 4.39 Å². The van der Waals surface area contributed by atoms with E-state index in [2.05, 4.69) is 52.4 Å². The molecule has 0 bridgehead atoms. The zero-order valence-corrected chi connectivity index (χ0v) is 13.7. The van der Waals surface area contributed by atoms with E-state index in [1.807, 2.05) is 12.1 Å². The number of benzene rings is 2. The molecular formula is C18H19BrFN. The quantitative estimate of drug-likeness (QED) is 0.792. The van der Waals surface area contributed by atoms with E-state index >= 15 is 0 Å². The van der Waals surface area contributed by atoms with Crippen molar-refractivity contribution in [2.45, 2.75) is 38.3 Å². The number of nitrogens with one attached hydrogen (secondary N) is 1. The van der Waals surface area contributed by atoms with Crippen LogP contribution < -0.4 is 5.32 Å². The Labute approximate surface area is 133 Å². The van der Waals surface area contributed by atoms with Gasteiger partial charge in [-0.2, -0.15) is 0 Å². The summed E-state index contributed by atoms with van der Waals surface area (Å²) in [4.78, 5) is 0. The van der Waals surface area contributed by atoms with Crippen molar-refractivity contribution in [2.24, 2.45) is 0 Å². The van der Waals surface area contributed by atoms with Gasteiger partial charge in [-0.15, -0.1) is 0 Å². The number of rotatable bonds is 3. The molecule has 0 radical (unpaired) electrons. The third-order valence-corrected chi connectivity index (χ3v) is 4.87. The highest BCUT2D eigenvalue weighted by atomic mass is 79.9. The maximum atomic E-state index is 13.4. The van der Waals surface area contributed by atoms with Gasteiger partial charge in [0.05, 0.1) is 4.47 Å². The van der Waals surface area contributed by atoms with Crippen molar-refractivity contribution in [3.63, 3.8) is 0 Å². The van der Waals surface area contributed by atoms with Gasteiger partial charge in [-0.3, -0.25) is 0 Å². The maximum absolute atomic E-state index is 13.4. The van der Waals surface area contributed by atoms with Gasteiger partial charge in [-0.05, 0) is 70.9 Å². The van der Waals surface area contributed by atoms with Gasteiger partial charge in [-0.1, -0.05) is 30.3 Å². The molecule has 1 nitrogen and oxygen atoms in total. The molecule has 0 fully saturated rings. The summed E-state index contributed by atoms with van der Waals surface area (Å²) in [5.41, 5.74) is 3.97. The molecule has 1 aliphatic rings. The Morgan fingerprint density at radius 2 is 2.05 bits per heavy atom. The molecule has 110 valence electrons. The van der Waals surface area contributed by atoms with Crippen LogP contribution in [0.1, 0.15) is 48.5 Å². The van der Waals surface area contributed by atoms with Gasteiger partial charge >= 0.3 is 0 Å². The zero-order chi connectivity index (χ0) is 14.8. The van der Waals surface area contributed by atoms with Crippen LogP contribution in [0.15, 0.2) is 46.9 Å². The number of hydrogen-bond acceptors (Lipinski definition) is 1. The minimum absolute atomic E-state index is 0.193. The van der Waals surface area contributed by atoms with Crippen LogP contribution in [0.3, 0.4) is 0 Å². The van der Waals surface area contributed by atoms with Crippen LogP contribution in [-0.4, -0.2) is 0 Å². The molecule has 0 aromatic heterocycles. The summed E-state index contributed by atoms with van der Waals surface area (Å²) < 4.78 is 13.9. The van der Waals surface area contributed by atoms with Crippen molar-refractivity contribution >= 4 is 15.9 Å². The highest BCUT2D eigenvalue weighted by Gasteiger charge is 2.21. The van der Waals surface area contributed by atoms with E-state index in [4.69, 9.17) is 0 Å². The minimum atomic E-state index is -0.214. The summed E-state index contributed by atoms with van der Waals surface area (Å²) in [7, 11) is 0. The Hall–Kier alpha value is -1.19. The van der Waals surface area contributed by atoms with Crippen LogP contribution in [0.25, 0.3) is 0 Å². The molecule has 2 aromatic carbocycles. The average Bonchev–Trinajstić information content (AvgIpc) is 2.50. The molecule has 3 heteroatoms. The van der Waals surface area contributed by atoms with E-state index in [9.17, 15) is 4.39 Å². The van der Waals surface area contributed by atoms with E-state index in [1.54, 1.807) is 0 Å². The molecule has 0 heterocycles. The van der Waals surface area contributed by atoms with Crippen molar-refractivity contribution in [1.29, 1.82) is 0 Å². The molecule has 2 atom stereocenters. The molecule has 2 unspecified atom stereocenters. The first-order valence-corrected chi connectivity index (χ1v) is 8.23. The summed E-state index contributed by atoms with van der Waals surface area (Å²) >= 11 is 3.26. The largest absolute Gasteiger partial charge is 0.303 e. The van der Waals surface area contributed by atoms with E-state index in [0.29, 0.717) is 10.5 Å². The molecular weight excluding hydrogens is 329 g/mol. The summed E-state index contributed by atoms with van der Waals surface area (Å²) in [6.07, 6.45) is 3.54. The monoisotopic (exact) mass is 347 g/mol. The average molecular weight is 348 g/mol. The van der Waals surface area contributed by atoms with Crippen LogP contribution in [0, 0.1) is 5.82 Å². The fourth-order valence-electron chi connectivity index (χ4n) is 3.11. The third kappa shape index (κ3) is 3.19. The topological polar surface area (TPSA) is 12.0 Å². The fourth-order valence-corrected chi connectivity index (χ4v) is 3.50. The molecule has 3 rings (SSSR count). The Morgan fingerprint density at radius 1 is 1.24 bits per heavy atom. The Kier molecular flexibility index (Phi) is 4.41. The highest BCUT2D eigenvalue weighted by Crippen LogP contribution is 2.32. The summed E-state index contributed by atoms with van der Waals surface area (Å²) in [6, 6.07) is 14.5. The molecule has 0 aliphatic heterocycles. The van der Waals surface area contributed by atoms with Gasteiger partial charge in [0.1, 0.15) is 5.82 Å². The molecule has 0 amide bonds. The predicted molar refractivity (Wildman–Crippen MR) is 87.8 cm³/mol. The summed E-state index contributed by atoms with van der Waals surface area (Å²) in [6.45, 7) is 2.14. The zero-order valence-electron chi connectivity index (χ0n) is 12.1. The number of aryl methyl sites for hydroxylation is 1. The normalized spacial score (nSPS) is 19.1. The highest BCUT2D eigenvalue weighted by molar-refractivity contribution is 9.10. The first-order chi connectivity index (χ1) is 10.1. The summed E-state index contributed by atoms with van der Waals surface area (Å²) in [5.74, 6) is -0.214. The van der Waals surface area contributed by atoms with Crippen molar-refractivity contribution in [3.05, 3.63) is 69.4 Å². The van der Waals surface area contributed by atoms with Gasteiger partial charge < -0.3 is 5.32 Å². The third-order valence-electron chi connectivity index (χ3n) is 4.26. The van der Waals surface area contributed by atoms with Gasteiger partial charge in [0, 0.05) is 12.1 Å². The smallest absolute Gasteiger partial charge is 0.137 e. The second-order valence-electron chi connectivity index (χ2n) is 5.71. The molecule has 21 heavy (non-hydrogen) atoms. The lowest BCUT2D eigenvalue weighted by molar-refractivity contribution is 0.415. The fraction of sp³-hybridized carbons (Fsp3) is 0.333. The minimum Gasteiger partial charge on any atom is -0.303 e. The number of hydrogen-bond donors (Lipinski definition) is 1. The number of halogens is 2. The van der Waals surface area contributed by atoms with Crippen molar-refractivity contribution in [1.82, 2.24) is 5.32 Å². The van der Waals surface area contributed by atoms with Gasteiger partial charge in [0.15, 0.2) is 0 Å². The van der Waals surface area contributed by atoms with Crippen molar-refractivity contribution in [2.75, 3.05) is 0 Å². The molecule has 0 saturated carbocycles. The first kappa shape index (κ1) is 14.7. The first-order valence-electron chi connectivity index (χ1n) is 7.44. The van der Waals surface area contributed by atoms with Crippen molar-refractivity contribution < 1.29 is 4.39 Å². The Bertz CT molecular complexity index is 641. The van der Waals surface area contributed by atoms with E-state index in [-0.39, 0.29) is 11.9 Å². The molecule has 1 aliphatic carbocycles. The lowest BCUT2D eigenvalue weighted by atomic mass is 9.87. The van der Waals surface area contributed by atoms with Gasteiger partial charge in [0.25, 0.3) is 0 Å². The van der Waals surface area contributed by atoms with E-state index < -0.39 is 0 Å². The second-order valence-corrected chi connectivity index (χ2v) is 6.56. The maximum Gasteiger partial charge on any atom is 0.137 e. The molecule has 0 saturated heterocycles. The standard InChI is InChI=1S/C18H19BrFN/c1-12(14-9-10-17(20)16(19)11-14)21-18-8-4-6-13-5-2-3-7-15(13)18/h2-3,5,7,9-12,18,21H,4,6,8H2,1H3. The number of fused-ring (bicyclic) bond motifs is 1. The van der Waals surface area contributed by atoms with Crippen LogP contribution in [0.2, 0.25) is 0 Å². The van der Waals surface area contributed by atoms with Gasteiger partial charge in [0.2, 0.25) is 0 Å².